The number of hydrogen-bond donors (Lipinski definition) is 1. The standard InChI is InChI=1S/C19H27FN2O2/c1-13(15-7-8-17(20)18(11-15)24-2)21-16-9-10-22(12-16)19(23)14-5-3-4-6-14/h7-8,11,13-14,16,21H,3-6,9-10,12H2,1-2H3. The molecule has 0 spiro atoms. The van der Waals surface area contributed by atoms with E-state index in [0.29, 0.717) is 11.9 Å². The van der Waals surface area contributed by atoms with E-state index in [1.54, 1.807) is 12.1 Å². The number of benzene rings is 1. The molecule has 1 aliphatic heterocycles. The van der Waals surface area contributed by atoms with Crippen molar-refractivity contribution in [2.24, 2.45) is 5.92 Å². The number of rotatable bonds is 5. The number of likely N-dealkylation sites (tertiary alicyclic amines) is 1. The third-order valence-electron chi connectivity index (χ3n) is 5.37. The Morgan fingerprint density at radius 1 is 1.33 bits per heavy atom. The molecule has 4 nitrogen and oxygen atoms in total. The number of nitrogens with one attached hydrogen (secondary N) is 1. The van der Waals surface area contributed by atoms with E-state index in [1.165, 1.54) is 26.0 Å². The van der Waals surface area contributed by atoms with Crippen LogP contribution in [0.2, 0.25) is 0 Å². The smallest absolute Gasteiger partial charge is 0.225 e. The lowest BCUT2D eigenvalue weighted by atomic mass is 10.1. The maximum absolute atomic E-state index is 13.5. The van der Waals surface area contributed by atoms with E-state index in [1.807, 2.05) is 4.90 Å². The molecule has 2 atom stereocenters. The topological polar surface area (TPSA) is 41.6 Å². The molecule has 2 aliphatic rings. The fourth-order valence-electron chi connectivity index (χ4n) is 3.92. The molecule has 5 heteroatoms. The van der Waals surface area contributed by atoms with E-state index in [2.05, 4.69) is 12.2 Å². The van der Waals surface area contributed by atoms with Crippen LogP contribution in [-0.2, 0) is 4.79 Å². The van der Waals surface area contributed by atoms with Crippen molar-refractivity contribution in [3.8, 4) is 5.75 Å². The molecule has 1 amide bonds. The Morgan fingerprint density at radius 2 is 2.08 bits per heavy atom. The predicted molar refractivity (Wildman–Crippen MR) is 91.4 cm³/mol. The summed E-state index contributed by atoms with van der Waals surface area (Å²) in [5, 5.41) is 3.57. The second kappa shape index (κ2) is 7.51. The van der Waals surface area contributed by atoms with Crippen LogP contribution < -0.4 is 10.1 Å². The Bertz CT molecular complexity index is 587. The van der Waals surface area contributed by atoms with Crippen LogP contribution in [0.4, 0.5) is 4.39 Å². The van der Waals surface area contributed by atoms with Gasteiger partial charge >= 0.3 is 0 Å². The van der Waals surface area contributed by atoms with E-state index < -0.39 is 0 Å². The fraction of sp³-hybridized carbons (Fsp3) is 0.632. The third-order valence-corrected chi connectivity index (χ3v) is 5.37. The molecule has 1 aromatic rings. The molecule has 132 valence electrons. The SMILES string of the molecule is COc1cc(C(C)NC2CCN(C(=O)C3CCCC3)C2)ccc1F. The first-order valence-corrected chi connectivity index (χ1v) is 8.96. The van der Waals surface area contributed by atoms with Gasteiger partial charge in [-0.05, 0) is 43.9 Å². The number of carbonyl (C=O) groups excluding carboxylic acids is 1. The first-order valence-electron chi connectivity index (χ1n) is 8.96. The maximum Gasteiger partial charge on any atom is 0.225 e. The zero-order chi connectivity index (χ0) is 17.1. The van der Waals surface area contributed by atoms with Gasteiger partial charge in [-0.1, -0.05) is 18.9 Å². The van der Waals surface area contributed by atoms with Crippen LogP contribution in [0.1, 0.15) is 50.6 Å². The van der Waals surface area contributed by atoms with Crippen molar-refractivity contribution in [3.63, 3.8) is 0 Å². The molecule has 0 radical (unpaired) electrons. The number of halogens is 1. The van der Waals surface area contributed by atoms with Crippen molar-refractivity contribution in [1.29, 1.82) is 0 Å². The lowest BCUT2D eigenvalue weighted by Crippen LogP contribution is -2.38. The molecular weight excluding hydrogens is 307 g/mol. The van der Waals surface area contributed by atoms with Crippen LogP contribution in [0, 0.1) is 11.7 Å². The Hall–Kier alpha value is -1.62. The minimum atomic E-state index is -0.345. The molecule has 1 aliphatic carbocycles. The van der Waals surface area contributed by atoms with E-state index in [-0.39, 0.29) is 23.5 Å². The van der Waals surface area contributed by atoms with Crippen LogP contribution in [0.15, 0.2) is 18.2 Å². The lowest BCUT2D eigenvalue weighted by Gasteiger charge is -2.23. The molecule has 3 rings (SSSR count). The summed E-state index contributed by atoms with van der Waals surface area (Å²) in [5.74, 6) is 0.517. The van der Waals surface area contributed by atoms with Gasteiger partial charge in [-0.2, -0.15) is 0 Å². The third kappa shape index (κ3) is 3.72. The van der Waals surface area contributed by atoms with Crippen LogP contribution in [-0.4, -0.2) is 37.0 Å². The molecule has 2 fully saturated rings. The van der Waals surface area contributed by atoms with Crippen molar-refractivity contribution in [3.05, 3.63) is 29.6 Å². The van der Waals surface area contributed by atoms with Gasteiger partial charge in [0.05, 0.1) is 7.11 Å². The van der Waals surface area contributed by atoms with E-state index in [0.717, 1.165) is 37.9 Å². The fourth-order valence-corrected chi connectivity index (χ4v) is 3.92. The van der Waals surface area contributed by atoms with Crippen LogP contribution in [0.5, 0.6) is 5.75 Å². The Labute approximate surface area is 143 Å². The van der Waals surface area contributed by atoms with Gasteiger partial charge in [0, 0.05) is 31.1 Å². The highest BCUT2D eigenvalue weighted by Gasteiger charge is 2.32. The first-order chi connectivity index (χ1) is 11.6. The first kappa shape index (κ1) is 17.2. The Balaban J connectivity index is 1.55. The van der Waals surface area contributed by atoms with Gasteiger partial charge in [-0.25, -0.2) is 4.39 Å². The largest absolute Gasteiger partial charge is 0.494 e. The summed E-state index contributed by atoms with van der Waals surface area (Å²) in [6.45, 7) is 3.68. The number of nitrogens with zero attached hydrogens (tertiary/aromatic N) is 1. The van der Waals surface area contributed by atoms with Gasteiger partial charge in [0.2, 0.25) is 5.91 Å². The van der Waals surface area contributed by atoms with Gasteiger partial charge in [-0.3, -0.25) is 4.79 Å². The van der Waals surface area contributed by atoms with E-state index in [4.69, 9.17) is 4.74 Å². The highest BCUT2D eigenvalue weighted by Crippen LogP contribution is 2.28. The van der Waals surface area contributed by atoms with Gasteiger partial charge in [0.25, 0.3) is 0 Å². The minimum Gasteiger partial charge on any atom is -0.494 e. The number of amides is 1. The van der Waals surface area contributed by atoms with Gasteiger partial charge in [-0.15, -0.1) is 0 Å². The molecule has 1 saturated carbocycles. The van der Waals surface area contributed by atoms with Crippen LogP contribution in [0.25, 0.3) is 0 Å². The highest BCUT2D eigenvalue weighted by atomic mass is 19.1. The molecule has 2 unspecified atom stereocenters. The van der Waals surface area contributed by atoms with Crippen molar-refractivity contribution in [2.75, 3.05) is 20.2 Å². The number of hydrogen-bond acceptors (Lipinski definition) is 3. The summed E-state index contributed by atoms with van der Waals surface area (Å²) >= 11 is 0. The average Bonchev–Trinajstić information content (AvgIpc) is 3.26. The average molecular weight is 334 g/mol. The van der Waals surface area contributed by atoms with E-state index >= 15 is 0 Å². The normalized spacial score (nSPS) is 22.8. The second-order valence-corrected chi connectivity index (χ2v) is 7.03. The molecular formula is C19H27FN2O2. The summed E-state index contributed by atoms with van der Waals surface area (Å²) in [4.78, 5) is 14.5. The zero-order valence-corrected chi connectivity index (χ0v) is 14.6. The lowest BCUT2D eigenvalue weighted by molar-refractivity contribution is -0.134. The van der Waals surface area contributed by atoms with Crippen LogP contribution in [0.3, 0.4) is 0 Å². The van der Waals surface area contributed by atoms with Gasteiger partial charge in [0.1, 0.15) is 0 Å². The number of carbonyl (C=O) groups is 1. The monoisotopic (exact) mass is 334 g/mol. The van der Waals surface area contributed by atoms with Crippen molar-refractivity contribution in [2.45, 2.75) is 51.1 Å². The quantitative estimate of drug-likeness (QED) is 0.898. The highest BCUT2D eigenvalue weighted by molar-refractivity contribution is 5.79. The summed E-state index contributed by atoms with van der Waals surface area (Å²) in [6, 6.07) is 5.35. The summed E-state index contributed by atoms with van der Waals surface area (Å²) < 4.78 is 18.6. The van der Waals surface area contributed by atoms with Crippen molar-refractivity contribution >= 4 is 5.91 Å². The van der Waals surface area contributed by atoms with Gasteiger partial charge < -0.3 is 15.0 Å². The number of ether oxygens (including phenoxy) is 1. The molecule has 0 bridgehead atoms. The number of methoxy groups -OCH3 is 1. The zero-order valence-electron chi connectivity index (χ0n) is 14.6. The summed E-state index contributed by atoms with van der Waals surface area (Å²) in [5.41, 5.74) is 0.994. The predicted octanol–water partition coefficient (Wildman–Crippen LogP) is 3.28. The maximum atomic E-state index is 13.5. The molecule has 1 heterocycles. The van der Waals surface area contributed by atoms with E-state index in [9.17, 15) is 9.18 Å². The minimum absolute atomic E-state index is 0.0889. The Kier molecular flexibility index (Phi) is 5.39. The molecule has 1 aromatic carbocycles. The van der Waals surface area contributed by atoms with Crippen molar-refractivity contribution < 1.29 is 13.9 Å². The Morgan fingerprint density at radius 3 is 2.79 bits per heavy atom. The second-order valence-electron chi connectivity index (χ2n) is 7.03. The summed E-state index contributed by atoms with van der Waals surface area (Å²) in [7, 11) is 1.48. The summed E-state index contributed by atoms with van der Waals surface area (Å²) in [6.07, 6.45) is 5.46. The van der Waals surface area contributed by atoms with Gasteiger partial charge in [0.15, 0.2) is 11.6 Å². The molecule has 1 saturated heterocycles. The van der Waals surface area contributed by atoms with Crippen molar-refractivity contribution in [1.82, 2.24) is 10.2 Å². The molecule has 24 heavy (non-hydrogen) atoms. The van der Waals surface area contributed by atoms with Crippen LogP contribution >= 0.6 is 0 Å². The molecule has 1 N–H and O–H groups in total. The molecule has 0 aromatic heterocycles.